The highest BCUT2D eigenvalue weighted by molar-refractivity contribution is 5.27. The minimum atomic E-state index is 0.160. The van der Waals surface area contributed by atoms with Crippen molar-refractivity contribution in [3.63, 3.8) is 0 Å². The van der Waals surface area contributed by atoms with Crippen LogP contribution in [0, 0.1) is 19.8 Å². The summed E-state index contributed by atoms with van der Waals surface area (Å²) in [6, 6.07) is 8.67. The molecular formula is C18H23N3O. The normalized spacial score (nSPS) is 21.5. The Morgan fingerprint density at radius 2 is 1.82 bits per heavy atom. The standard InChI is InChI=1S/C18H23N3O/c1-13-5-7-15(8-6-13)17-16(4-3-9-22-17)12-21-18-19-10-14(2)11-20-18/h5-8,10-11,16-17H,3-4,9,12H2,1-2H3,(H,19,20,21). The number of benzene rings is 1. The Balaban J connectivity index is 1.67. The van der Waals surface area contributed by atoms with Crippen LogP contribution in [0.25, 0.3) is 0 Å². The van der Waals surface area contributed by atoms with Gasteiger partial charge in [0, 0.05) is 31.5 Å². The molecule has 0 spiro atoms. The van der Waals surface area contributed by atoms with Crippen LogP contribution in [-0.2, 0) is 4.74 Å². The van der Waals surface area contributed by atoms with Gasteiger partial charge in [0.1, 0.15) is 0 Å². The van der Waals surface area contributed by atoms with Crippen LogP contribution in [0.2, 0.25) is 0 Å². The second-order valence-corrected chi connectivity index (χ2v) is 6.07. The molecule has 2 atom stereocenters. The van der Waals surface area contributed by atoms with Crippen molar-refractivity contribution in [2.45, 2.75) is 32.8 Å². The van der Waals surface area contributed by atoms with Crippen molar-refractivity contribution in [2.75, 3.05) is 18.5 Å². The minimum absolute atomic E-state index is 0.160. The van der Waals surface area contributed by atoms with E-state index in [1.807, 2.05) is 19.3 Å². The van der Waals surface area contributed by atoms with E-state index in [1.54, 1.807) is 0 Å². The smallest absolute Gasteiger partial charge is 0.222 e. The zero-order valence-corrected chi connectivity index (χ0v) is 13.2. The third-order valence-electron chi connectivity index (χ3n) is 4.15. The number of hydrogen-bond donors (Lipinski definition) is 1. The molecule has 0 aliphatic carbocycles. The topological polar surface area (TPSA) is 47.0 Å². The van der Waals surface area contributed by atoms with Crippen LogP contribution in [-0.4, -0.2) is 23.1 Å². The summed E-state index contributed by atoms with van der Waals surface area (Å²) in [6.45, 7) is 5.78. The Kier molecular flexibility index (Phi) is 4.68. The number of anilines is 1. The van der Waals surface area contributed by atoms with E-state index in [4.69, 9.17) is 4.74 Å². The summed E-state index contributed by atoms with van der Waals surface area (Å²) in [4.78, 5) is 8.62. The Hall–Kier alpha value is -1.94. The second kappa shape index (κ2) is 6.88. The van der Waals surface area contributed by atoms with Crippen molar-refractivity contribution in [1.82, 2.24) is 9.97 Å². The van der Waals surface area contributed by atoms with Crippen molar-refractivity contribution in [3.05, 3.63) is 53.3 Å². The highest BCUT2D eigenvalue weighted by Crippen LogP contribution is 2.33. The summed E-state index contributed by atoms with van der Waals surface area (Å²) in [5.41, 5.74) is 3.62. The van der Waals surface area contributed by atoms with Gasteiger partial charge in [0.05, 0.1) is 6.10 Å². The Morgan fingerprint density at radius 3 is 2.55 bits per heavy atom. The number of nitrogens with one attached hydrogen (secondary N) is 1. The molecule has 2 unspecified atom stereocenters. The zero-order valence-electron chi connectivity index (χ0n) is 13.2. The summed E-state index contributed by atoms with van der Waals surface area (Å²) in [5, 5.41) is 3.35. The SMILES string of the molecule is Cc1ccc(C2OCCCC2CNc2ncc(C)cn2)cc1. The Bertz CT molecular complexity index is 595. The molecule has 4 heteroatoms. The predicted octanol–water partition coefficient (Wildman–Crippen LogP) is 3.67. The number of aryl methyl sites for hydroxylation is 2. The third-order valence-corrected chi connectivity index (χ3v) is 4.15. The summed E-state index contributed by atoms with van der Waals surface area (Å²) < 4.78 is 6.04. The van der Waals surface area contributed by atoms with E-state index in [-0.39, 0.29) is 6.10 Å². The molecule has 2 heterocycles. The first-order valence-corrected chi connectivity index (χ1v) is 7.93. The molecule has 4 nitrogen and oxygen atoms in total. The Labute approximate surface area is 132 Å². The van der Waals surface area contributed by atoms with Gasteiger partial charge in [-0.05, 0) is 37.8 Å². The summed E-state index contributed by atoms with van der Waals surface area (Å²) in [6.07, 6.45) is 6.11. The quantitative estimate of drug-likeness (QED) is 0.935. The molecule has 1 aliphatic rings. The molecule has 2 aromatic rings. The van der Waals surface area contributed by atoms with E-state index < -0.39 is 0 Å². The number of aromatic nitrogens is 2. The van der Waals surface area contributed by atoms with E-state index in [2.05, 4.69) is 46.5 Å². The molecule has 1 N–H and O–H groups in total. The lowest BCUT2D eigenvalue weighted by Gasteiger charge is -2.32. The fourth-order valence-corrected chi connectivity index (χ4v) is 2.88. The molecule has 1 aliphatic heterocycles. The highest BCUT2D eigenvalue weighted by atomic mass is 16.5. The van der Waals surface area contributed by atoms with Gasteiger partial charge in [-0.3, -0.25) is 0 Å². The number of ether oxygens (including phenoxy) is 1. The maximum Gasteiger partial charge on any atom is 0.222 e. The predicted molar refractivity (Wildman–Crippen MR) is 87.9 cm³/mol. The van der Waals surface area contributed by atoms with Crippen molar-refractivity contribution in [3.8, 4) is 0 Å². The summed E-state index contributed by atoms with van der Waals surface area (Å²) >= 11 is 0. The van der Waals surface area contributed by atoms with Crippen molar-refractivity contribution in [1.29, 1.82) is 0 Å². The molecule has 116 valence electrons. The molecule has 0 bridgehead atoms. The van der Waals surface area contributed by atoms with Crippen LogP contribution in [0.15, 0.2) is 36.7 Å². The zero-order chi connectivity index (χ0) is 15.4. The van der Waals surface area contributed by atoms with E-state index in [1.165, 1.54) is 11.1 Å². The molecule has 0 amide bonds. The van der Waals surface area contributed by atoms with Gasteiger partial charge in [0.2, 0.25) is 5.95 Å². The maximum absolute atomic E-state index is 6.04. The van der Waals surface area contributed by atoms with E-state index in [0.29, 0.717) is 11.9 Å². The fraction of sp³-hybridized carbons (Fsp3) is 0.444. The van der Waals surface area contributed by atoms with Gasteiger partial charge < -0.3 is 10.1 Å². The van der Waals surface area contributed by atoms with Gasteiger partial charge in [-0.25, -0.2) is 9.97 Å². The minimum Gasteiger partial charge on any atom is -0.373 e. The van der Waals surface area contributed by atoms with Crippen LogP contribution in [0.1, 0.15) is 35.6 Å². The van der Waals surface area contributed by atoms with Crippen LogP contribution in [0.5, 0.6) is 0 Å². The molecular weight excluding hydrogens is 274 g/mol. The lowest BCUT2D eigenvalue weighted by molar-refractivity contribution is -0.0238. The van der Waals surface area contributed by atoms with E-state index >= 15 is 0 Å². The Morgan fingerprint density at radius 1 is 1.09 bits per heavy atom. The summed E-state index contributed by atoms with van der Waals surface area (Å²) in [7, 11) is 0. The monoisotopic (exact) mass is 297 g/mol. The highest BCUT2D eigenvalue weighted by Gasteiger charge is 2.27. The van der Waals surface area contributed by atoms with Crippen molar-refractivity contribution >= 4 is 5.95 Å². The average Bonchev–Trinajstić information content (AvgIpc) is 2.55. The molecule has 1 fully saturated rings. The fourth-order valence-electron chi connectivity index (χ4n) is 2.88. The first kappa shape index (κ1) is 15.0. The average molecular weight is 297 g/mol. The van der Waals surface area contributed by atoms with Gasteiger partial charge >= 0.3 is 0 Å². The second-order valence-electron chi connectivity index (χ2n) is 6.07. The van der Waals surface area contributed by atoms with Crippen LogP contribution >= 0.6 is 0 Å². The van der Waals surface area contributed by atoms with Crippen molar-refractivity contribution in [2.24, 2.45) is 5.92 Å². The first-order valence-electron chi connectivity index (χ1n) is 7.93. The van der Waals surface area contributed by atoms with Crippen LogP contribution in [0.3, 0.4) is 0 Å². The molecule has 0 radical (unpaired) electrons. The number of nitrogens with zero attached hydrogens (tertiary/aromatic N) is 2. The summed E-state index contributed by atoms with van der Waals surface area (Å²) in [5.74, 6) is 1.14. The molecule has 3 rings (SSSR count). The van der Waals surface area contributed by atoms with Gasteiger partial charge in [-0.2, -0.15) is 0 Å². The van der Waals surface area contributed by atoms with E-state index in [0.717, 1.165) is 31.6 Å². The third kappa shape index (κ3) is 3.63. The molecule has 0 saturated carbocycles. The first-order chi connectivity index (χ1) is 10.7. The largest absolute Gasteiger partial charge is 0.373 e. The number of hydrogen-bond acceptors (Lipinski definition) is 4. The molecule has 1 aromatic carbocycles. The molecule has 1 aromatic heterocycles. The van der Waals surface area contributed by atoms with Gasteiger partial charge in [-0.15, -0.1) is 0 Å². The number of rotatable bonds is 4. The van der Waals surface area contributed by atoms with Gasteiger partial charge in [0.25, 0.3) is 0 Å². The van der Waals surface area contributed by atoms with Crippen LogP contribution in [0.4, 0.5) is 5.95 Å². The van der Waals surface area contributed by atoms with Crippen LogP contribution < -0.4 is 5.32 Å². The lowest BCUT2D eigenvalue weighted by Crippen LogP contribution is -2.28. The van der Waals surface area contributed by atoms with E-state index in [9.17, 15) is 0 Å². The van der Waals surface area contributed by atoms with Crippen molar-refractivity contribution < 1.29 is 4.74 Å². The van der Waals surface area contributed by atoms with Gasteiger partial charge in [0.15, 0.2) is 0 Å². The molecule has 22 heavy (non-hydrogen) atoms. The molecule has 1 saturated heterocycles. The maximum atomic E-state index is 6.04. The lowest BCUT2D eigenvalue weighted by atomic mass is 9.89. The van der Waals surface area contributed by atoms with Gasteiger partial charge in [-0.1, -0.05) is 29.8 Å².